The van der Waals surface area contributed by atoms with Crippen molar-refractivity contribution in [3.8, 4) is 0 Å². The smallest absolute Gasteiger partial charge is 0.168 e. The zero-order valence-electron chi connectivity index (χ0n) is 7.75. The van der Waals surface area contributed by atoms with Gasteiger partial charge in [-0.15, -0.1) is 0 Å². The summed E-state index contributed by atoms with van der Waals surface area (Å²) in [4.78, 5) is 14.3. The molecule has 0 aliphatic heterocycles. The topological polar surface area (TPSA) is 30.0 Å². The Kier molecular flexibility index (Phi) is 3.12. The summed E-state index contributed by atoms with van der Waals surface area (Å²) in [7, 11) is 0. The quantitative estimate of drug-likeness (QED) is 0.671. The maximum atomic E-state index is 13.2. The minimum absolute atomic E-state index is 0.0555. The molecule has 0 saturated heterocycles. The maximum absolute atomic E-state index is 13.2. The van der Waals surface area contributed by atoms with Crippen molar-refractivity contribution >= 4 is 6.29 Å². The molecule has 1 aromatic rings. The zero-order chi connectivity index (χ0) is 9.84. The number of aldehydes is 1. The van der Waals surface area contributed by atoms with E-state index in [1.54, 1.807) is 0 Å². The van der Waals surface area contributed by atoms with E-state index in [1.807, 2.05) is 13.8 Å². The first-order valence-corrected chi connectivity index (χ1v) is 4.30. The number of hydrogen-bond donors (Lipinski definition) is 0. The van der Waals surface area contributed by atoms with Crippen LogP contribution in [0.4, 0.5) is 4.39 Å². The molecular formula is C10H12FNO. The van der Waals surface area contributed by atoms with Crippen molar-refractivity contribution in [3.63, 3.8) is 0 Å². The summed E-state index contributed by atoms with van der Waals surface area (Å²) < 4.78 is 13.2. The Labute approximate surface area is 76.8 Å². The molecule has 0 fully saturated rings. The largest absolute Gasteiger partial charge is 0.296 e. The fourth-order valence-corrected chi connectivity index (χ4v) is 1.08. The number of carbonyl (C=O) groups excluding carboxylic acids is 1. The van der Waals surface area contributed by atoms with Gasteiger partial charge in [0, 0.05) is 5.92 Å². The van der Waals surface area contributed by atoms with Crippen molar-refractivity contribution in [1.29, 1.82) is 0 Å². The molecular weight excluding hydrogens is 169 g/mol. The first-order chi connectivity index (χ1) is 6.19. The molecule has 0 spiro atoms. The molecule has 2 nitrogen and oxygen atoms in total. The summed E-state index contributed by atoms with van der Waals surface area (Å²) in [6, 6.07) is 2.67. The second-order valence-corrected chi connectivity index (χ2v) is 3.03. The van der Waals surface area contributed by atoms with Gasteiger partial charge in [0.25, 0.3) is 0 Å². The van der Waals surface area contributed by atoms with Crippen LogP contribution in [0.5, 0.6) is 0 Å². The van der Waals surface area contributed by atoms with E-state index < -0.39 is 0 Å². The van der Waals surface area contributed by atoms with Crippen molar-refractivity contribution in [2.75, 3.05) is 0 Å². The molecule has 0 amide bonds. The molecule has 13 heavy (non-hydrogen) atoms. The minimum Gasteiger partial charge on any atom is -0.296 e. The third-order valence-electron chi connectivity index (χ3n) is 2.09. The normalized spacial score (nSPS) is 12.5. The van der Waals surface area contributed by atoms with Crippen LogP contribution in [0.25, 0.3) is 0 Å². The van der Waals surface area contributed by atoms with Gasteiger partial charge in [-0.1, -0.05) is 13.8 Å². The van der Waals surface area contributed by atoms with Gasteiger partial charge in [0.1, 0.15) is 11.5 Å². The monoisotopic (exact) mass is 181 g/mol. The molecule has 0 radical (unpaired) electrons. The van der Waals surface area contributed by atoms with Crippen LogP contribution in [0.2, 0.25) is 0 Å². The molecule has 1 atom stereocenters. The van der Waals surface area contributed by atoms with Gasteiger partial charge in [-0.25, -0.2) is 9.37 Å². The minimum atomic E-state index is -0.333. The summed E-state index contributed by atoms with van der Waals surface area (Å²) >= 11 is 0. The first-order valence-electron chi connectivity index (χ1n) is 4.30. The SMILES string of the molecule is CCC(C)c1nc(C=O)ccc1F. The molecule has 0 aliphatic carbocycles. The van der Waals surface area contributed by atoms with Crippen molar-refractivity contribution < 1.29 is 9.18 Å². The van der Waals surface area contributed by atoms with Gasteiger partial charge in [0.15, 0.2) is 6.29 Å². The number of aromatic nitrogens is 1. The van der Waals surface area contributed by atoms with Gasteiger partial charge in [0.05, 0.1) is 5.69 Å². The van der Waals surface area contributed by atoms with E-state index in [9.17, 15) is 9.18 Å². The van der Waals surface area contributed by atoms with E-state index in [1.165, 1.54) is 12.1 Å². The molecule has 70 valence electrons. The van der Waals surface area contributed by atoms with Crippen molar-refractivity contribution in [1.82, 2.24) is 4.98 Å². The average Bonchev–Trinajstić information content (AvgIpc) is 2.17. The fourth-order valence-electron chi connectivity index (χ4n) is 1.08. The van der Waals surface area contributed by atoms with Crippen LogP contribution in [-0.4, -0.2) is 11.3 Å². The average molecular weight is 181 g/mol. The Morgan fingerprint density at radius 3 is 2.85 bits per heavy atom. The molecule has 1 heterocycles. The van der Waals surface area contributed by atoms with E-state index in [0.29, 0.717) is 12.0 Å². The Morgan fingerprint density at radius 1 is 1.62 bits per heavy atom. The summed E-state index contributed by atoms with van der Waals surface area (Å²) in [5, 5.41) is 0. The fraction of sp³-hybridized carbons (Fsp3) is 0.400. The molecule has 3 heteroatoms. The number of rotatable bonds is 3. The number of nitrogens with zero attached hydrogens (tertiary/aromatic N) is 1. The van der Waals surface area contributed by atoms with Gasteiger partial charge < -0.3 is 0 Å². The number of pyridine rings is 1. The summed E-state index contributed by atoms with van der Waals surface area (Å²) in [5.74, 6) is -0.278. The van der Waals surface area contributed by atoms with Crippen LogP contribution < -0.4 is 0 Å². The van der Waals surface area contributed by atoms with E-state index >= 15 is 0 Å². The molecule has 1 unspecified atom stereocenters. The van der Waals surface area contributed by atoms with E-state index in [4.69, 9.17) is 0 Å². The van der Waals surface area contributed by atoms with Gasteiger partial charge in [-0.3, -0.25) is 4.79 Å². The lowest BCUT2D eigenvalue weighted by atomic mass is 10.0. The van der Waals surface area contributed by atoms with Crippen LogP contribution in [-0.2, 0) is 0 Å². The molecule has 1 aromatic heterocycles. The third kappa shape index (κ3) is 2.11. The Hall–Kier alpha value is -1.25. The van der Waals surface area contributed by atoms with Crippen LogP contribution in [0.15, 0.2) is 12.1 Å². The highest BCUT2D eigenvalue weighted by atomic mass is 19.1. The van der Waals surface area contributed by atoms with Crippen molar-refractivity contribution in [2.24, 2.45) is 0 Å². The van der Waals surface area contributed by atoms with Crippen molar-refractivity contribution in [2.45, 2.75) is 26.2 Å². The number of carbonyl (C=O) groups is 1. The maximum Gasteiger partial charge on any atom is 0.168 e. The Balaban J connectivity index is 3.10. The van der Waals surface area contributed by atoms with Crippen LogP contribution in [0, 0.1) is 5.82 Å². The highest BCUT2D eigenvalue weighted by Gasteiger charge is 2.11. The van der Waals surface area contributed by atoms with Gasteiger partial charge in [0.2, 0.25) is 0 Å². The van der Waals surface area contributed by atoms with E-state index in [-0.39, 0.29) is 17.4 Å². The Bertz CT molecular complexity index is 312. The highest BCUT2D eigenvalue weighted by molar-refractivity contribution is 5.71. The van der Waals surface area contributed by atoms with Crippen LogP contribution >= 0.6 is 0 Å². The van der Waals surface area contributed by atoms with Gasteiger partial charge >= 0.3 is 0 Å². The van der Waals surface area contributed by atoms with Crippen LogP contribution in [0.3, 0.4) is 0 Å². The molecule has 0 aromatic carbocycles. The predicted octanol–water partition coefficient (Wildman–Crippen LogP) is 2.55. The molecule has 1 rings (SSSR count). The highest BCUT2D eigenvalue weighted by Crippen LogP contribution is 2.19. The predicted molar refractivity (Wildman–Crippen MR) is 48.3 cm³/mol. The summed E-state index contributed by atoms with van der Waals surface area (Å²) in [6.07, 6.45) is 1.44. The lowest BCUT2D eigenvalue weighted by Gasteiger charge is -2.08. The summed E-state index contributed by atoms with van der Waals surface area (Å²) in [5.41, 5.74) is 0.670. The van der Waals surface area contributed by atoms with E-state index in [2.05, 4.69) is 4.98 Å². The second kappa shape index (κ2) is 4.12. The molecule has 0 N–H and O–H groups in total. The summed E-state index contributed by atoms with van der Waals surface area (Å²) in [6.45, 7) is 3.85. The Morgan fingerprint density at radius 2 is 2.31 bits per heavy atom. The zero-order valence-corrected chi connectivity index (χ0v) is 7.75. The molecule has 0 aliphatic rings. The lowest BCUT2D eigenvalue weighted by molar-refractivity contribution is 0.111. The molecule has 0 bridgehead atoms. The third-order valence-corrected chi connectivity index (χ3v) is 2.09. The van der Waals surface area contributed by atoms with Gasteiger partial charge in [-0.05, 0) is 18.6 Å². The standard InChI is InChI=1S/C10H12FNO/c1-3-7(2)10-9(11)5-4-8(6-13)12-10/h4-7H,3H2,1-2H3. The second-order valence-electron chi connectivity index (χ2n) is 3.03. The lowest BCUT2D eigenvalue weighted by Crippen LogP contribution is -2.02. The number of hydrogen-bond acceptors (Lipinski definition) is 2. The van der Waals surface area contributed by atoms with Crippen LogP contribution in [0.1, 0.15) is 42.4 Å². The van der Waals surface area contributed by atoms with Gasteiger partial charge in [-0.2, -0.15) is 0 Å². The number of halogens is 1. The molecule has 0 saturated carbocycles. The first kappa shape index (κ1) is 9.84. The van der Waals surface area contributed by atoms with E-state index in [0.717, 1.165) is 6.42 Å². The van der Waals surface area contributed by atoms with Crippen molar-refractivity contribution in [3.05, 3.63) is 29.3 Å².